The van der Waals surface area contributed by atoms with Crippen LogP contribution in [0.2, 0.25) is 5.02 Å². The van der Waals surface area contributed by atoms with Crippen molar-refractivity contribution in [1.29, 1.82) is 0 Å². The molecule has 2 aromatic rings. The molecule has 4 rings (SSSR count). The van der Waals surface area contributed by atoms with Crippen molar-refractivity contribution < 1.29 is 13.2 Å². The predicted octanol–water partition coefficient (Wildman–Crippen LogP) is 2.06. The van der Waals surface area contributed by atoms with E-state index in [1.165, 1.54) is 10.4 Å². The van der Waals surface area contributed by atoms with Crippen molar-refractivity contribution in [2.45, 2.75) is 24.3 Å². The average molecular weight is 478 g/mol. The molecule has 2 fully saturated rings. The summed E-state index contributed by atoms with van der Waals surface area (Å²) in [5.74, 6) is 0.645. The van der Waals surface area contributed by atoms with Crippen molar-refractivity contribution in [3.8, 4) is 0 Å². The summed E-state index contributed by atoms with van der Waals surface area (Å²) in [6, 6.07) is 10.1. The summed E-state index contributed by atoms with van der Waals surface area (Å²) in [5.41, 5.74) is 6.88. The molecule has 0 unspecified atom stereocenters. The Morgan fingerprint density at radius 3 is 2.44 bits per heavy atom. The van der Waals surface area contributed by atoms with Crippen LogP contribution in [0.3, 0.4) is 0 Å². The Hall–Kier alpha value is -2.20. The van der Waals surface area contributed by atoms with Gasteiger partial charge in [-0.15, -0.1) is 0 Å². The first-order valence-corrected chi connectivity index (χ1v) is 12.6. The Labute approximate surface area is 194 Å². The second-order valence-corrected chi connectivity index (χ2v) is 10.7. The number of sulfonamides is 1. The molecule has 2 N–H and O–H groups in total. The molecule has 32 heavy (non-hydrogen) atoms. The fourth-order valence-corrected chi connectivity index (χ4v) is 6.10. The summed E-state index contributed by atoms with van der Waals surface area (Å²) in [6.45, 7) is 3.91. The van der Waals surface area contributed by atoms with Crippen LogP contribution in [-0.4, -0.2) is 72.7 Å². The van der Waals surface area contributed by atoms with Crippen LogP contribution >= 0.6 is 11.6 Å². The third-order valence-corrected chi connectivity index (χ3v) is 8.30. The van der Waals surface area contributed by atoms with Crippen LogP contribution < -0.4 is 5.73 Å². The van der Waals surface area contributed by atoms with E-state index in [2.05, 4.69) is 9.88 Å². The number of pyridine rings is 1. The number of piperidine rings is 1. The highest BCUT2D eigenvalue weighted by atomic mass is 35.5. The van der Waals surface area contributed by atoms with E-state index in [4.69, 9.17) is 17.3 Å². The minimum atomic E-state index is -3.61. The Balaban J connectivity index is 1.28. The Kier molecular flexibility index (Phi) is 6.99. The molecule has 3 heterocycles. The topological polar surface area (TPSA) is 99.8 Å². The number of halogens is 1. The molecule has 8 nitrogen and oxygen atoms in total. The highest BCUT2D eigenvalue weighted by Crippen LogP contribution is 2.24. The number of nitrogens with two attached hydrogens (primary N) is 1. The minimum Gasteiger partial charge on any atom is -0.384 e. The molecule has 10 heteroatoms. The molecule has 2 aliphatic rings. The largest absolute Gasteiger partial charge is 0.384 e. The number of benzene rings is 1. The van der Waals surface area contributed by atoms with E-state index in [-0.39, 0.29) is 16.7 Å². The second kappa shape index (κ2) is 9.74. The summed E-state index contributed by atoms with van der Waals surface area (Å²) in [7, 11) is -3.61. The highest BCUT2D eigenvalue weighted by Gasteiger charge is 2.33. The van der Waals surface area contributed by atoms with Gasteiger partial charge in [0.1, 0.15) is 5.82 Å². The van der Waals surface area contributed by atoms with Crippen LogP contribution in [-0.2, 0) is 21.4 Å². The van der Waals surface area contributed by atoms with Crippen LogP contribution in [0.25, 0.3) is 0 Å². The highest BCUT2D eigenvalue weighted by molar-refractivity contribution is 7.89. The van der Waals surface area contributed by atoms with Crippen molar-refractivity contribution >= 4 is 33.3 Å². The van der Waals surface area contributed by atoms with Crippen LogP contribution in [0, 0.1) is 5.92 Å². The standard InChI is InChI=1S/C22H28ClN5O3S/c23-19-2-1-3-20(15-19)32(30,31)28-12-10-27(11-13-28)22(29)18-5-8-26(9-6-18)16-17-4-7-25-21(24)14-17/h1-4,7,14-15,18H,5-6,8-13,16H2,(H2,24,25). The van der Waals surface area contributed by atoms with Crippen molar-refractivity contribution in [3.63, 3.8) is 0 Å². The van der Waals surface area contributed by atoms with Gasteiger partial charge in [0.15, 0.2) is 0 Å². The summed E-state index contributed by atoms with van der Waals surface area (Å²) in [6.07, 6.45) is 3.33. The van der Waals surface area contributed by atoms with Gasteiger partial charge < -0.3 is 10.6 Å². The number of rotatable bonds is 5. The van der Waals surface area contributed by atoms with Crippen LogP contribution in [0.5, 0.6) is 0 Å². The van der Waals surface area contributed by atoms with E-state index in [0.29, 0.717) is 37.0 Å². The van der Waals surface area contributed by atoms with Gasteiger partial charge in [-0.25, -0.2) is 13.4 Å². The number of carbonyl (C=O) groups is 1. The summed E-state index contributed by atoms with van der Waals surface area (Å²) < 4.78 is 27.2. The molecule has 2 aliphatic heterocycles. The van der Waals surface area contributed by atoms with Crippen molar-refractivity contribution in [2.24, 2.45) is 5.92 Å². The van der Waals surface area contributed by atoms with E-state index in [0.717, 1.165) is 38.0 Å². The molecule has 1 aromatic carbocycles. The lowest BCUT2D eigenvalue weighted by atomic mass is 9.94. The van der Waals surface area contributed by atoms with Crippen molar-refractivity contribution in [1.82, 2.24) is 19.1 Å². The Morgan fingerprint density at radius 1 is 1.06 bits per heavy atom. The number of hydrogen-bond acceptors (Lipinski definition) is 6. The molecule has 0 saturated carbocycles. The molecule has 0 radical (unpaired) electrons. The number of nitrogen functional groups attached to an aromatic ring is 1. The Morgan fingerprint density at radius 2 is 1.78 bits per heavy atom. The molecule has 0 bridgehead atoms. The first-order chi connectivity index (χ1) is 15.3. The summed E-state index contributed by atoms with van der Waals surface area (Å²) in [4.78, 5) is 21.4. The first-order valence-electron chi connectivity index (χ1n) is 10.8. The van der Waals surface area contributed by atoms with Crippen molar-refractivity contribution in [3.05, 3.63) is 53.2 Å². The van der Waals surface area contributed by atoms with Gasteiger partial charge >= 0.3 is 0 Å². The fraction of sp³-hybridized carbons (Fsp3) is 0.455. The molecule has 1 aromatic heterocycles. The average Bonchev–Trinajstić information content (AvgIpc) is 2.79. The van der Waals surface area contributed by atoms with Crippen molar-refractivity contribution in [2.75, 3.05) is 45.0 Å². The molecule has 0 spiro atoms. The lowest BCUT2D eigenvalue weighted by Gasteiger charge is -2.38. The van der Waals surface area contributed by atoms with Gasteiger partial charge in [-0.1, -0.05) is 17.7 Å². The van der Waals surface area contributed by atoms with Gasteiger partial charge in [-0.2, -0.15) is 4.31 Å². The number of likely N-dealkylation sites (tertiary alicyclic amines) is 1. The number of amides is 1. The lowest BCUT2D eigenvalue weighted by molar-refractivity contribution is -0.138. The SMILES string of the molecule is Nc1cc(CN2CCC(C(=O)N3CCN(S(=O)(=O)c4cccc(Cl)c4)CC3)CC2)ccn1. The predicted molar refractivity (Wildman–Crippen MR) is 123 cm³/mol. The maximum atomic E-state index is 13.0. The maximum Gasteiger partial charge on any atom is 0.243 e. The van der Waals surface area contributed by atoms with Gasteiger partial charge in [-0.3, -0.25) is 9.69 Å². The van der Waals surface area contributed by atoms with E-state index in [1.54, 1.807) is 24.4 Å². The van der Waals surface area contributed by atoms with Gasteiger partial charge in [0.05, 0.1) is 4.90 Å². The third-order valence-electron chi connectivity index (χ3n) is 6.17. The molecule has 172 valence electrons. The molecular formula is C22H28ClN5O3S. The smallest absolute Gasteiger partial charge is 0.243 e. The lowest BCUT2D eigenvalue weighted by Crippen LogP contribution is -2.52. The molecule has 1 amide bonds. The number of aromatic nitrogens is 1. The fourth-order valence-electron chi connectivity index (χ4n) is 4.37. The van der Waals surface area contributed by atoms with Crippen LogP contribution in [0.1, 0.15) is 18.4 Å². The Bertz CT molecular complexity index is 1060. The summed E-state index contributed by atoms with van der Waals surface area (Å²) in [5, 5.41) is 0.388. The summed E-state index contributed by atoms with van der Waals surface area (Å²) >= 11 is 5.96. The number of piperazine rings is 1. The number of nitrogens with zero attached hydrogens (tertiary/aromatic N) is 4. The first kappa shape index (κ1) is 23.0. The van der Waals surface area contributed by atoms with Gasteiger partial charge in [0.2, 0.25) is 15.9 Å². The number of anilines is 1. The zero-order chi connectivity index (χ0) is 22.7. The monoisotopic (exact) mass is 477 g/mol. The van der Waals surface area contributed by atoms with Gasteiger partial charge in [0, 0.05) is 49.9 Å². The number of carbonyl (C=O) groups excluding carboxylic acids is 1. The van der Waals surface area contributed by atoms with E-state index < -0.39 is 10.0 Å². The number of hydrogen-bond donors (Lipinski definition) is 1. The molecule has 0 atom stereocenters. The van der Waals surface area contributed by atoms with Gasteiger partial charge in [-0.05, 0) is 61.8 Å². The zero-order valence-electron chi connectivity index (χ0n) is 17.9. The van der Waals surface area contributed by atoms with Gasteiger partial charge in [0.25, 0.3) is 0 Å². The molecular weight excluding hydrogens is 450 g/mol. The minimum absolute atomic E-state index is 0.00940. The molecule has 0 aliphatic carbocycles. The zero-order valence-corrected chi connectivity index (χ0v) is 19.4. The van der Waals surface area contributed by atoms with E-state index in [1.807, 2.05) is 17.0 Å². The maximum absolute atomic E-state index is 13.0. The third kappa shape index (κ3) is 5.23. The van der Waals surface area contributed by atoms with E-state index >= 15 is 0 Å². The second-order valence-electron chi connectivity index (χ2n) is 8.33. The molecule has 2 saturated heterocycles. The quantitative estimate of drug-likeness (QED) is 0.707. The van der Waals surface area contributed by atoms with E-state index in [9.17, 15) is 13.2 Å². The normalized spacial score (nSPS) is 19.2. The van der Waals surface area contributed by atoms with Crippen LogP contribution in [0.4, 0.5) is 5.82 Å². The van der Waals surface area contributed by atoms with Crippen LogP contribution in [0.15, 0.2) is 47.5 Å².